The van der Waals surface area contributed by atoms with Crippen LogP contribution in [0.3, 0.4) is 0 Å². The summed E-state index contributed by atoms with van der Waals surface area (Å²) >= 11 is 0. The maximum atomic E-state index is 12.4. The van der Waals surface area contributed by atoms with Crippen molar-refractivity contribution in [3.05, 3.63) is 64.7 Å². The average Bonchev–Trinajstić information content (AvgIpc) is 2.56. The van der Waals surface area contributed by atoms with Crippen LogP contribution in [-0.4, -0.2) is 28.7 Å². The van der Waals surface area contributed by atoms with Crippen LogP contribution < -0.4 is 0 Å². The first-order valence-corrected chi connectivity index (χ1v) is 7.95. The van der Waals surface area contributed by atoms with Gasteiger partial charge in [-0.15, -0.1) is 0 Å². The Hall–Kier alpha value is -2.95. The van der Waals surface area contributed by atoms with E-state index >= 15 is 0 Å². The van der Waals surface area contributed by atoms with Crippen LogP contribution in [0, 0.1) is 6.92 Å². The summed E-state index contributed by atoms with van der Waals surface area (Å²) in [6.07, 6.45) is -0.655. The van der Waals surface area contributed by atoms with Gasteiger partial charge < -0.3 is 9.84 Å². The number of hydrogen-bond acceptors (Lipinski definition) is 5. The quantitative estimate of drug-likeness (QED) is 0.492. The Labute approximate surface area is 146 Å². The molecule has 5 heteroatoms. The van der Waals surface area contributed by atoms with Crippen molar-refractivity contribution >= 4 is 17.5 Å². The van der Waals surface area contributed by atoms with Gasteiger partial charge >= 0.3 is 5.97 Å². The van der Waals surface area contributed by atoms with E-state index in [0.717, 1.165) is 5.56 Å². The summed E-state index contributed by atoms with van der Waals surface area (Å²) in [4.78, 5) is 36.6. The van der Waals surface area contributed by atoms with E-state index in [1.54, 1.807) is 45.0 Å². The molecule has 1 N–H and O–H groups in total. The molecule has 0 fully saturated rings. The number of carbonyl (C=O) groups excluding carboxylic acids is 3. The van der Waals surface area contributed by atoms with Crippen molar-refractivity contribution in [1.29, 1.82) is 0 Å². The SMILES string of the molecule is Cc1ccc(O)c(C(=O)CC(=O)c2cccc(C(=O)OC(C)C)c2)c1. The first kappa shape index (κ1) is 18.4. The number of hydrogen-bond donors (Lipinski definition) is 1. The molecular formula is C20H20O5. The van der Waals surface area contributed by atoms with Gasteiger partial charge in [-0.05, 0) is 45.0 Å². The molecule has 0 unspecified atom stereocenters. The van der Waals surface area contributed by atoms with Gasteiger partial charge in [0.1, 0.15) is 5.75 Å². The number of ketones is 2. The molecule has 0 aromatic heterocycles. The minimum Gasteiger partial charge on any atom is -0.507 e. The number of benzene rings is 2. The Kier molecular flexibility index (Phi) is 5.70. The highest BCUT2D eigenvalue weighted by atomic mass is 16.5. The normalized spacial score (nSPS) is 10.6. The molecule has 0 aliphatic heterocycles. The van der Waals surface area contributed by atoms with Crippen LogP contribution in [-0.2, 0) is 4.74 Å². The highest BCUT2D eigenvalue weighted by Crippen LogP contribution is 2.21. The zero-order valence-electron chi connectivity index (χ0n) is 14.4. The summed E-state index contributed by atoms with van der Waals surface area (Å²) in [5.74, 6) is -1.57. The lowest BCUT2D eigenvalue weighted by molar-refractivity contribution is 0.0377. The van der Waals surface area contributed by atoms with Gasteiger partial charge in [0.25, 0.3) is 0 Å². The first-order valence-electron chi connectivity index (χ1n) is 7.95. The van der Waals surface area contributed by atoms with E-state index in [1.165, 1.54) is 18.2 Å². The lowest BCUT2D eigenvalue weighted by atomic mass is 9.98. The van der Waals surface area contributed by atoms with E-state index in [9.17, 15) is 19.5 Å². The van der Waals surface area contributed by atoms with Crippen LogP contribution in [0.15, 0.2) is 42.5 Å². The number of rotatable bonds is 6. The van der Waals surface area contributed by atoms with Gasteiger partial charge in [0.2, 0.25) is 0 Å². The number of aryl methyl sites for hydroxylation is 1. The molecule has 5 nitrogen and oxygen atoms in total. The smallest absolute Gasteiger partial charge is 0.338 e. The number of ether oxygens (including phenoxy) is 1. The van der Waals surface area contributed by atoms with Crippen molar-refractivity contribution < 1.29 is 24.2 Å². The van der Waals surface area contributed by atoms with Gasteiger partial charge in [0, 0.05) is 5.56 Å². The second-order valence-corrected chi connectivity index (χ2v) is 6.08. The molecule has 0 bridgehead atoms. The zero-order valence-corrected chi connectivity index (χ0v) is 14.4. The fraction of sp³-hybridized carbons (Fsp3) is 0.250. The first-order chi connectivity index (χ1) is 11.8. The molecule has 0 amide bonds. The molecule has 0 saturated heterocycles. The number of esters is 1. The standard InChI is InChI=1S/C20H20O5/c1-12(2)25-20(24)15-6-4-5-14(10-15)18(22)11-19(23)16-9-13(3)7-8-17(16)21/h4-10,12,21H,11H2,1-3H3. The lowest BCUT2D eigenvalue weighted by Gasteiger charge is -2.09. The summed E-state index contributed by atoms with van der Waals surface area (Å²) in [5.41, 5.74) is 1.43. The van der Waals surface area contributed by atoms with Crippen molar-refractivity contribution in [2.24, 2.45) is 0 Å². The number of carbonyl (C=O) groups is 3. The number of Topliss-reactive ketones (excluding diaryl/α,β-unsaturated/α-hetero) is 2. The summed E-state index contributed by atoms with van der Waals surface area (Å²) in [5, 5.41) is 9.80. The van der Waals surface area contributed by atoms with Crippen molar-refractivity contribution in [3.8, 4) is 5.75 Å². The second kappa shape index (κ2) is 7.75. The fourth-order valence-electron chi connectivity index (χ4n) is 2.32. The summed E-state index contributed by atoms with van der Waals surface area (Å²) in [6, 6.07) is 10.7. The van der Waals surface area contributed by atoms with E-state index in [4.69, 9.17) is 4.74 Å². The lowest BCUT2D eigenvalue weighted by Crippen LogP contribution is -2.13. The zero-order chi connectivity index (χ0) is 18.6. The van der Waals surface area contributed by atoms with Crippen LogP contribution in [0.2, 0.25) is 0 Å². The maximum absolute atomic E-state index is 12.4. The minimum absolute atomic E-state index is 0.115. The van der Waals surface area contributed by atoms with Gasteiger partial charge in [-0.25, -0.2) is 4.79 Å². The predicted molar refractivity (Wildman–Crippen MR) is 93.1 cm³/mol. The van der Waals surface area contributed by atoms with E-state index in [0.29, 0.717) is 0 Å². The van der Waals surface area contributed by atoms with E-state index in [-0.39, 0.29) is 35.0 Å². The van der Waals surface area contributed by atoms with Crippen LogP contribution >= 0.6 is 0 Å². The molecule has 0 atom stereocenters. The molecule has 0 aliphatic carbocycles. The molecule has 2 rings (SSSR count). The van der Waals surface area contributed by atoms with Crippen molar-refractivity contribution in [1.82, 2.24) is 0 Å². The highest BCUT2D eigenvalue weighted by molar-refractivity contribution is 6.14. The van der Waals surface area contributed by atoms with Gasteiger partial charge in [0.15, 0.2) is 11.6 Å². The van der Waals surface area contributed by atoms with E-state index < -0.39 is 17.5 Å². The van der Waals surface area contributed by atoms with Gasteiger partial charge in [-0.3, -0.25) is 9.59 Å². The monoisotopic (exact) mass is 340 g/mol. The van der Waals surface area contributed by atoms with Crippen LogP contribution in [0.1, 0.15) is 56.9 Å². The third-order valence-electron chi connectivity index (χ3n) is 3.54. The molecule has 130 valence electrons. The Morgan fingerprint density at radius 2 is 1.68 bits per heavy atom. The van der Waals surface area contributed by atoms with Crippen molar-refractivity contribution in [2.75, 3.05) is 0 Å². The molecule has 25 heavy (non-hydrogen) atoms. The molecule has 0 spiro atoms. The Balaban J connectivity index is 2.17. The number of aromatic hydroxyl groups is 1. The number of phenolic OH excluding ortho intramolecular Hbond substituents is 1. The molecule has 2 aromatic carbocycles. The maximum Gasteiger partial charge on any atom is 0.338 e. The third kappa shape index (κ3) is 4.76. The second-order valence-electron chi connectivity index (χ2n) is 6.08. The third-order valence-corrected chi connectivity index (χ3v) is 3.54. The average molecular weight is 340 g/mol. The van der Waals surface area contributed by atoms with Crippen LogP contribution in [0.25, 0.3) is 0 Å². The van der Waals surface area contributed by atoms with Crippen LogP contribution in [0.5, 0.6) is 5.75 Å². The van der Waals surface area contributed by atoms with E-state index in [2.05, 4.69) is 0 Å². The minimum atomic E-state index is -0.521. The molecular weight excluding hydrogens is 320 g/mol. The van der Waals surface area contributed by atoms with E-state index in [1.807, 2.05) is 0 Å². The molecule has 0 aliphatic rings. The molecule has 0 saturated carbocycles. The molecule has 2 aromatic rings. The Bertz CT molecular complexity index is 821. The Morgan fingerprint density at radius 1 is 1.00 bits per heavy atom. The predicted octanol–water partition coefficient (Wildman–Crippen LogP) is 3.72. The highest BCUT2D eigenvalue weighted by Gasteiger charge is 2.18. The van der Waals surface area contributed by atoms with Crippen LogP contribution in [0.4, 0.5) is 0 Å². The topological polar surface area (TPSA) is 80.7 Å². The fourth-order valence-corrected chi connectivity index (χ4v) is 2.32. The van der Waals surface area contributed by atoms with Gasteiger partial charge in [0.05, 0.1) is 23.7 Å². The summed E-state index contributed by atoms with van der Waals surface area (Å²) in [6.45, 7) is 5.27. The largest absolute Gasteiger partial charge is 0.507 e. The summed E-state index contributed by atoms with van der Waals surface area (Å²) in [7, 11) is 0. The summed E-state index contributed by atoms with van der Waals surface area (Å²) < 4.78 is 5.10. The number of phenols is 1. The molecule has 0 radical (unpaired) electrons. The van der Waals surface area contributed by atoms with Gasteiger partial charge in [-0.2, -0.15) is 0 Å². The van der Waals surface area contributed by atoms with Gasteiger partial charge in [-0.1, -0.05) is 23.8 Å². The van der Waals surface area contributed by atoms with Crippen molar-refractivity contribution in [3.63, 3.8) is 0 Å². The Morgan fingerprint density at radius 3 is 2.36 bits per heavy atom. The van der Waals surface area contributed by atoms with Crippen molar-refractivity contribution in [2.45, 2.75) is 33.3 Å². The molecule has 0 heterocycles.